The molecule has 5 heteroatoms. The van der Waals surface area contributed by atoms with Gasteiger partial charge in [-0.25, -0.2) is 0 Å². The molecule has 1 unspecified atom stereocenters. The van der Waals surface area contributed by atoms with E-state index in [4.69, 9.17) is 9.84 Å². The standard InChI is InChI=1S/C15H20INO3/c16-13-5-1-6-14(10-13)20-9-3-8-17-7-2-4-12(11-17)15(18)19/h1,5-6,10,12H,2-4,7-9,11H2,(H,18,19). The van der Waals surface area contributed by atoms with E-state index in [1.165, 1.54) is 3.57 Å². The van der Waals surface area contributed by atoms with E-state index < -0.39 is 5.97 Å². The predicted molar refractivity (Wildman–Crippen MR) is 86.1 cm³/mol. The van der Waals surface area contributed by atoms with E-state index in [0.717, 1.165) is 38.1 Å². The maximum Gasteiger partial charge on any atom is 0.307 e. The van der Waals surface area contributed by atoms with E-state index >= 15 is 0 Å². The van der Waals surface area contributed by atoms with Crippen molar-refractivity contribution < 1.29 is 14.6 Å². The van der Waals surface area contributed by atoms with Crippen LogP contribution in [0.1, 0.15) is 19.3 Å². The van der Waals surface area contributed by atoms with Gasteiger partial charge in [-0.05, 0) is 66.6 Å². The number of likely N-dealkylation sites (tertiary alicyclic amines) is 1. The molecule has 110 valence electrons. The second-order valence-corrected chi connectivity index (χ2v) is 6.38. The molecular weight excluding hydrogens is 369 g/mol. The molecule has 2 rings (SSSR count). The predicted octanol–water partition coefficient (Wildman–Crippen LogP) is 2.86. The summed E-state index contributed by atoms with van der Waals surface area (Å²) < 4.78 is 6.87. The zero-order chi connectivity index (χ0) is 14.4. The van der Waals surface area contributed by atoms with Gasteiger partial charge < -0.3 is 14.7 Å². The minimum absolute atomic E-state index is 0.194. The second kappa shape index (κ2) is 7.83. The number of hydrogen-bond donors (Lipinski definition) is 1. The third-order valence-electron chi connectivity index (χ3n) is 3.54. The maximum atomic E-state index is 11.0. The first kappa shape index (κ1) is 15.6. The van der Waals surface area contributed by atoms with Gasteiger partial charge in [0.25, 0.3) is 0 Å². The lowest BCUT2D eigenvalue weighted by Gasteiger charge is -2.30. The molecule has 1 N–H and O–H groups in total. The Hall–Kier alpha value is -0.820. The zero-order valence-corrected chi connectivity index (χ0v) is 13.6. The lowest BCUT2D eigenvalue weighted by molar-refractivity contribution is -0.143. The molecule has 0 spiro atoms. The number of benzene rings is 1. The Morgan fingerprint density at radius 1 is 1.50 bits per heavy atom. The van der Waals surface area contributed by atoms with Gasteiger partial charge in [0.15, 0.2) is 0 Å². The molecule has 1 aromatic carbocycles. The molecule has 0 aliphatic carbocycles. The summed E-state index contributed by atoms with van der Waals surface area (Å²) in [6.45, 7) is 3.27. The Bertz CT molecular complexity index is 452. The van der Waals surface area contributed by atoms with Gasteiger partial charge >= 0.3 is 5.97 Å². The number of carboxylic acids is 1. The Morgan fingerprint density at radius 3 is 3.10 bits per heavy atom. The Labute approximate surface area is 133 Å². The molecule has 1 aromatic rings. The summed E-state index contributed by atoms with van der Waals surface area (Å²) in [5, 5.41) is 9.05. The number of ether oxygens (including phenoxy) is 1. The molecule has 1 fully saturated rings. The van der Waals surface area contributed by atoms with E-state index in [9.17, 15) is 4.79 Å². The molecule has 1 aliphatic heterocycles. The van der Waals surface area contributed by atoms with Crippen molar-refractivity contribution in [1.29, 1.82) is 0 Å². The first-order chi connectivity index (χ1) is 9.65. The van der Waals surface area contributed by atoms with Crippen molar-refractivity contribution in [2.24, 2.45) is 5.92 Å². The van der Waals surface area contributed by atoms with Crippen LogP contribution >= 0.6 is 22.6 Å². The zero-order valence-electron chi connectivity index (χ0n) is 11.4. The van der Waals surface area contributed by atoms with Gasteiger partial charge in [-0.15, -0.1) is 0 Å². The van der Waals surface area contributed by atoms with Crippen LogP contribution in [0.3, 0.4) is 0 Å². The molecular formula is C15H20INO3. The first-order valence-electron chi connectivity index (χ1n) is 6.98. The van der Waals surface area contributed by atoms with Crippen molar-refractivity contribution in [2.75, 3.05) is 26.2 Å². The SMILES string of the molecule is O=C(O)C1CCCN(CCCOc2cccc(I)c2)C1. The third-order valence-corrected chi connectivity index (χ3v) is 4.21. The fourth-order valence-electron chi connectivity index (χ4n) is 2.50. The van der Waals surface area contributed by atoms with Crippen LogP contribution in [-0.4, -0.2) is 42.2 Å². The Kier molecular flexibility index (Phi) is 6.09. The summed E-state index contributed by atoms with van der Waals surface area (Å²) >= 11 is 2.27. The van der Waals surface area contributed by atoms with Gasteiger partial charge in [-0.2, -0.15) is 0 Å². The summed E-state index contributed by atoms with van der Waals surface area (Å²) in [6, 6.07) is 8.00. The number of piperidine rings is 1. The average molecular weight is 389 g/mol. The number of nitrogens with zero attached hydrogens (tertiary/aromatic N) is 1. The molecule has 0 bridgehead atoms. The summed E-state index contributed by atoms with van der Waals surface area (Å²) in [5.74, 6) is 0.0455. The fraction of sp³-hybridized carbons (Fsp3) is 0.533. The molecule has 0 amide bonds. The molecule has 0 radical (unpaired) electrons. The van der Waals surface area contributed by atoms with Crippen LogP contribution in [0.5, 0.6) is 5.75 Å². The van der Waals surface area contributed by atoms with Gasteiger partial charge in [0, 0.05) is 16.7 Å². The fourth-order valence-corrected chi connectivity index (χ4v) is 3.01. The van der Waals surface area contributed by atoms with Gasteiger partial charge in [-0.1, -0.05) is 6.07 Å². The van der Waals surface area contributed by atoms with Crippen molar-refractivity contribution in [3.63, 3.8) is 0 Å². The Balaban J connectivity index is 1.67. The lowest BCUT2D eigenvalue weighted by atomic mass is 9.98. The highest BCUT2D eigenvalue weighted by molar-refractivity contribution is 14.1. The number of carboxylic acid groups (broad SMARTS) is 1. The molecule has 1 atom stereocenters. The second-order valence-electron chi connectivity index (χ2n) is 5.14. The molecule has 20 heavy (non-hydrogen) atoms. The van der Waals surface area contributed by atoms with Crippen LogP contribution < -0.4 is 4.74 Å². The van der Waals surface area contributed by atoms with Crippen LogP contribution in [0.25, 0.3) is 0 Å². The van der Waals surface area contributed by atoms with Crippen molar-refractivity contribution in [2.45, 2.75) is 19.3 Å². The normalized spacial score (nSPS) is 19.8. The average Bonchev–Trinajstić information content (AvgIpc) is 2.44. The van der Waals surface area contributed by atoms with Gasteiger partial charge in [0.2, 0.25) is 0 Å². The van der Waals surface area contributed by atoms with E-state index in [-0.39, 0.29) is 5.92 Å². The molecule has 0 saturated carbocycles. The topological polar surface area (TPSA) is 49.8 Å². The molecule has 0 aromatic heterocycles. The van der Waals surface area contributed by atoms with Crippen LogP contribution in [0.2, 0.25) is 0 Å². The van der Waals surface area contributed by atoms with E-state index in [1.807, 2.05) is 24.3 Å². The summed E-state index contributed by atoms with van der Waals surface area (Å²) in [6.07, 6.45) is 2.72. The van der Waals surface area contributed by atoms with Crippen molar-refractivity contribution in [3.8, 4) is 5.75 Å². The Morgan fingerprint density at radius 2 is 2.35 bits per heavy atom. The highest BCUT2D eigenvalue weighted by Gasteiger charge is 2.24. The maximum absolute atomic E-state index is 11.0. The molecule has 1 aliphatic rings. The number of rotatable bonds is 6. The van der Waals surface area contributed by atoms with Crippen LogP contribution in [0.4, 0.5) is 0 Å². The number of aliphatic carboxylic acids is 1. The van der Waals surface area contributed by atoms with Crippen LogP contribution in [-0.2, 0) is 4.79 Å². The monoisotopic (exact) mass is 389 g/mol. The lowest BCUT2D eigenvalue weighted by Crippen LogP contribution is -2.39. The molecule has 4 nitrogen and oxygen atoms in total. The van der Waals surface area contributed by atoms with Gasteiger partial charge in [-0.3, -0.25) is 4.79 Å². The quantitative estimate of drug-likeness (QED) is 0.601. The molecule has 1 saturated heterocycles. The number of halogens is 1. The van der Waals surface area contributed by atoms with Gasteiger partial charge in [0.1, 0.15) is 5.75 Å². The van der Waals surface area contributed by atoms with E-state index in [1.54, 1.807) is 0 Å². The summed E-state index contributed by atoms with van der Waals surface area (Å²) in [4.78, 5) is 13.2. The first-order valence-corrected chi connectivity index (χ1v) is 8.06. The highest BCUT2D eigenvalue weighted by atomic mass is 127. The van der Waals surface area contributed by atoms with Crippen molar-refractivity contribution >= 4 is 28.6 Å². The largest absolute Gasteiger partial charge is 0.494 e. The van der Waals surface area contributed by atoms with Crippen LogP contribution in [0.15, 0.2) is 24.3 Å². The van der Waals surface area contributed by atoms with Crippen LogP contribution in [0, 0.1) is 9.49 Å². The van der Waals surface area contributed by atoms with Crippen molar-refractivity contribution in [1.82, 2.24) is 4.90 Å². The van der Waals surface area contributed by atoms with E-state index in [0.29, 0.717) is 13.2 Å². The van der Waals surface area contributed by atoms with Crippen molar-refractivity contribution in [3.05, 3.63) is 27.8 Å². The third kappa shape index (κ3) is 4.94. The molecule has 1 heterocycles. The number of hydrogen-bond acceptors (Lipinski definition) is 3. The number of carbonyl (C=O) groups is 1. The van der Waals surface area contributed by atoms with E-state index in [2.05, 4.69) is 27.5 Å². The summed E-state index contributed by atoms with van der Waals surface area (Å²) in [7, 11) is 0. The minimum atomic E-state index is -0.662. The summed E-state index contributed by atoms with van der Waals surface area (Å²) in [5.41, 5.74) is 0. The highest BCUT2D eigenvalue weighted by Crippen LogP contribution is 2.17. The van der Waals surface area contributed by atoms with Gasteiger partial charge in [0.05, 0.1) is 12.5 Å². The smallest absolute Gasteiger partial charge is 0.307 e. The minimum Gasteiger partial charge on any atom is -0.494 e.